The van der Waals surface area contributed by atoms with Crippen LogP contribution in [0, 0.1) is 0 Å². The van der Waals surface area contributed by atoms with Crippen molar-refractivity contribution in [1.29, 1.82) is 0 Å². The number of rotatable bonds is 6. The van der Waals surface area contributed by atoms with Gasteiger partial charge in [0.05, 0.1) is 0 Å². The van der Waals surface area contributed by atoms with Gasteiger partial charge in [0.15, 0.2) is 0 Å². The van der Waals surface area contributed by atoms with Gasteiger partial charge in [-0.1, -0.05) is 37.3 Å². The number of hydrogen-bond acceptors (Lipinski definition) is 5. The Balaban J connectivity index is 2.36. The van der Waals surface area contributed by atoms with Gasteiger partial charge in [-0.25, -0.2) is 10.2 Å². The number of aromatic nitrogens is 3. The maximum atomic E-state index is 11.6. The highest BCUT2D eigenvalue weighted by Gasteiger charge is 2.08. The molecule has 6 nitrogen and oxygen atoms in total. The summed E-state index contributed by atoms with van der Waals surface area (Å²) in [5.74, 6) is 0.738. The summed E-state index contributed by atoms with van der Waals surface area (Å²) in [6.45, 7) is 6.18. The molecule has 104 valence electrons. The maximum absolute atomic E-state index is 11.6. The molecule has 6 heteroatoms. The first kappa shape index (κ1) is 14.0. The number of hydrogen-bond donors (Lipinski definition) is 3. The first-order valence-electron chi connectivity index (χ1n) is 6.41. The molecule has 0 radical (unpaired) electrons. The van der Waals surface area contributed by atoms with Crippen LogP contribution >= 0.6 is 0 Å². The van der Waals surface area contributed by atoms with E-state index in [2.05, 4.69) is 39.3 Å². The highest BCUT2D eigenvalue weighted by molar-refractivity contribution is 5.60. The van der Waals surface area contributed by atoms with Crippen LogP contribution in [0.2, 0.25) is 0 Å². The third-order valence-corrected chi connectivity index (χ3v) is 2.75. The van der Waals surface area contributed by atoms with Crippen molar-refractivity contribution in [2.45, 2.75) is 13.3 Å². The zero-order valence-electron chi connectivity index (χ0n) is 11.3. The lowest BCUT2D eigenvalue weighted by molar-refractivity contribution is 0.853. The third-order valence-electron chi connectivity index (χ3n) is 2.75. The molecule has 1 heterocycles. The van der Waals surface area contributed by atoms with E-state index in [1.54, 1.807) is 6.08 Å². The van der Waals surface area contributed by atoms with Crippen molar-refractivity contribution in [2.24, 2.45) is 0 Å². The van der Waals surface area contributed by atoms with E-state index in [0.717, 1.165) is 17.5 Å². The molecule has 1 aromatic carbocycles. The van der Waals surface area contributed by atoms with Crippen LogP contribution in [0.15, 0.2) is 41.7 Å². The molecule has 0 saturated carbocycles. The highest BCUT2D eigenvalue weighted by atomic mass is 16.1. The molecule has 20 heavy (non-hydrogen) atoms. The minimum absolute atomic E-state index is 0.233. The molecule has 0 aliphatic heterocycles. The van der Waals surface area contributed by atoms with Crippen molar-refractivity contribution in [3.8, 4) is 11.4 Å². The molecule has 0 aliphatic rings. The normalized spacial score (nSPS) is 10.2. The Hall–Kier alpha value is -2.47. The van der Waals surface area contributed by atoms with Crippen LogP contribution in [-0.2, 0) is 6.42 Å². The van der Waals surface area contributed by atoms with Gasteiger partial charge < -0.3 is 0 Å². The molecular formula is C14H17N5O. The summed E-state index contributed by atoms with van der Waals surface area (Å²) < 4.78 is 0. The number of anilines is 1. The van der Waals surface area contributed by atoms with Gasteiger partial charge in [-0.05, 0) is 12.0 Å². The van der Waals surface area contributed by atoms with E-state index in [1.165, 1.54) is 0 Å². The number of nitrogens with zero attached hydrogens (tertiary/aromatic N) is 2. The fourth-order valence-corrected chi connectivity index (χ4v) is 1.83. The van der Waals surface area contributed by atoms with E-state index in [9.17, 15) is 4.79 Å². The van der Waals surface area contributed by atoms with Crippen LogP contribution in [0.3, 0.4) is 0 Å². The number of H-pyrrole nitrogens is 1. The van der Waals surface area contributed by atoms with Crippen molar-refractivity contribution in [1.82, 2.24) is 20.4 Å². The Morgan fingerprint density at radius 2 is 2.15 bits per heavy atom. The van der Waals surface area contributed by atoms with E-state index in [1.807, 2.05) is 24.3 Å². The third kappa shape index (κ3) is 3.30. The lowest BCUT2D eigenvalue weighted by Crippen LogP contribution is -2.26. The molecule has 0 aliphatic carbocycles. The molecule has 0 bridgehead atoms. The van der Waals surface area contributed by atoms with Crippen LogP contribution in [0.1, 0.15) is 12.5 Å². The van der Waals surface area contributed by atoms with Crippen molar-refractivity contribution in [3.05, 3.63) is 53.0 Å². The monoisotopic (exact) mass is 271 g/mol. The van der Waals surface area contributed by atoms with Crippen LogP contribution in [-0.4, -0.2) is 21.5 Å². The van der Waals surface area contributed by atoms with Crippen molar-refractivity contribution in [2.75, 3.05) is 12.0 Å². The number of nitrogens with one attached hydrogen (secondary N) is 3. The lowest BCUT2D eigenvalue weighted by atomic mass is 10.1. The molecule has 1 aromatic heterocycles. The number of aryl methyl sites for hydroxylation is 1. The van der Waals surface area contributed by atoms with Gasteiger partial charge in [0.2, 0.25) is 5.95 Å². The molecule has 3 N–H and O–H groups in total. The second-order valence-corrected chi connectivity index (χ2v) is 4.13. The van der Waals surface area contributed by atoms with E-state index in [0.29, 0.717) is 12.4 Å². The first-order valence-corrected chi connectivity index (χ1v) is 6.41. The predicted octanol–water partition coefficient (Wildman–Crippen LogP) is 1.50. The van der Waals surface area contributed by atoms with Gasteiger partial charge in [-0.15, -0.1) is 6.58 Å². The van der Waals surface area contributed by atoms with E-state index >= 15 is 0 Å². The zero-order chi connectivity index (χ0) is 14.4. The van der Waals surface area contributed by atoms with Crippen LogP contribution in [0.5, 0.6) is 0 Å². The van der Waals surface area contributed by atoms with Crippen molar-refractivity contribution >= 4 is 5.95 Å². The first-order chi connectivity index (χ1) is 9.74. The Bertz CT molecular complexity index is 650. The summed E-state index contributed by atoms with van der Waals surface area (Å²) in [6, 6.07) is 7.82. The quantitative estimate of drug-likeness (QED) is 0.421. The Labute approximate surface area is 117 Å². The largest absolute Gasteiger partial charge is 0.349 e. The molecule has 2 aromatic rings. The van der Waals surface area contributed by atoms with Gasteiger partial charge in [0.1, 0.15) is 5.82 Å². The molecule has 0 fully saturated rings. The average Bonchev–Trinajstić information content (AvgIpc) is 2.47. The van der Waals surface area contributed by atoms with Gasteiger partial charge >= 0.3 is 5.69 Å². The Kier molecular flexibility index (Phi) is 4.62. The van der Waals surface area contributed by atoms with Gasteiger partial charge in [-0.2, -0.15) is 9.97 Å². The Morgan fingerprint density at radius 3 is 2.90 bits per heavy atom. The fourth-order valence-electron chi connectivity index (χ4n) is 1.83. The molecule has 2 rings (SSSR count). The minimum Gasteiger partial charge on any atom is -0.290 e. The minimum atomic E-state index is -0.441. The summed E-state index contributed by atoms with van der Waals surface area (Å²) in [7, 11) is 0. The lowest BCUT2D eigenvalue weighted by Gasteiger charge is -2.08. The second kappa shape index (κ2) is 6.63. The molecule has 0 amide bonds. The SMILES string of the molecule is C=CCNNc1nc(-c2ccccc2CC)[nH]c(=O)n1. The molecule has 0 unspecified atom stereocenters. The molecule has 0 atom stereocenters. The average molecular weight is 271 g/mol. The van der Waals surface area contributed by atoms with E-state index in [-0.39, 0.29) is 5.95 Å². The zero-order valence-corrected chi connectivity index (χ0v) is 11.3. The number of aromatic amines is 1. The summed E-state index contributed by atoms with van der Waals surface area (Å²) >= 11 is 0. The summed E-state index contributed by atoms with van der Waals surface area (Å²) in [6.07, 6.45) is 2.55. The summed E-state index contributed by atoms with van der Waals surface area (Å²) in [5.41, 5.74) is 7.19. The topological polar surface area (TPSA) is 82.7 Å². The van der Waals surface area contributed by atoms with Gasteiger partial charge in [0.25, 0.3) is 0 Å². The van der Waals surface area contributed by atoms with Crippen LogP contribution in [0.4, 0.5) is 5.95 Å². The van der Waals surface area contributed by atoms with Crippen molar-refractivity contribution < 1.29 is 0 Å². The molecule has 0 saturated heterocycles. The summed E-state index contributed by atoms with van der Waals surface area (Å²) in [5, 5.41) is 0. The fraction of sp³-hybridized carbons (Fsp3) is 0.214. The van der Waals surface area contributed by atoms with Gasteiger partial charge in [0, 0.05) is 12.1 Å². The van der Waals surface area contributed by atoms with Gasteiger partial charge in [-0.3, -0.25) is 10.4 Å². The van der Waals surface area contributed by atoms with Crippen LogP contribution < -0.4 is 16.5 Å². The maximum Gasteiger partial charge on any atom is 0.349 e. The van der Waals surface area contributed by atoms with E-state index < -0.39 is 5.69 Å². The predicted molar refractivity (Wildman–Crippen MR) is 79.3 cm³/mol. The standard InChI is InChI=1S/C14H17N5O/c1-3-9-15-19-13-16-12(17-14(20)18-13)11-8-6-5-7-10(11)4-2/h3,5-8,15H,1,4,9H2,2H3,(H2,16,17,18,19,20). The van der Waals surface area contributed by atoms with E-state index in [4.69, 9.17) is 0 Å². The number of benzene rings is 1. The molecule has 0 spiro atoms. The van der Waals surface area contributed by atoms with Crippen LogP contribution in [0.25, 0.3) is 11.4 Å². The second-order valence-electron chi connectivity index (χ2n) is 4.13. The smallest absolute Gasteiger partial charge is 0.290 e. The van der Waals surface area contributed by atoms with Crippen molar-refractivity contribution in [3.63, 3.8) is 0 Å². The Morgan fingerprint density at radius 1 is 1.35 bits per heavy atom. The summed E-state index contributed by atoms with van der Waals surface area (Å²) in [4.78, 5) is 22.4. The molecular weight excluding hydrogens is 254 g/mol. The number of hydrazine groups is 1. The highest BCUT2D eigenvalue weighted by Crippen LogP contribution is 2.19.